The molecule has 6 heteroatoms. The molecule has 0 aliphatic carbocycles. The smallest absolute Gasteiger partial charge is 0.303 e. The highest BCUT2D eigenvalue weighted by Crippen LogP contribution is 1.99. The fourth-order valence-corrected chi connectivity index (χ4v) is 1.34. The Hall–Kier alpha value is -1.14. The van der Waals surface area contributed by atoms with Gasteiger partial charge < -0.3 is 20.9 Å². The molecule has 4 N–H and O–H groups in total. The van der Waals surface area contributed by atoms with Crippen LogP contribution >= 0.6 is 0 Å². The van der Waals surface area contributed by atoms with Gasteiger partial charge >= 0.3 is 5.97 Å². The number of rotatable bonds is 9. The number of carbonyl (C=O) groups excluding carboxylic acids is 1. The third-order valence-electron chi connectivity index (χ3n) is 2.38. The first-order valence-electron chi connectivity index (χ1n) is 5.74. The van der Waals surface area contributed by atoms with E-state index in [1.54, 1.807) is 14.0 Å². The lowest BCUT2D eigenvalue weighted by atomic mass is 10.1. The van der Waals surface area contributed by atoms with Gasteiger partial charge in [-0.15, -0.1) is 0 Å². The number of carboxylic acid groups (broad SMARTS) is 1. The third kappa shape index (κ3) is 8.65. The van der Waals surface area contributed by atoms with Gasteiger partial charge in [-0.2, -0.15) is 0 Å². The fraction of sp³-hybridized carbons (Fsp3) is 0.818. The van der Waals surface area contributed by atoms with E-state index in [1.807, 2.05) is 0 Å². The predicted molar refractivity (Wildman–Crippen MR) is 63.6 cm³/mol. The van der Waals surface area contributed by atoms with Crippen LogP contribution < -0.4 is 11.1 Å². The number of amides is 1. The molecule has 1 amide bonds. The molecule has 17 heavy (non-hydrogen) atoms. The normalized spacial score (nSPS) is 14.1. The van der Waals surface area contributed by atoms with Gasteiger partial charge in [0.25, 0.3) is 0 Å². The van der Waals surface area contributed by atoms with Crippen LogP contribution in [0.2, 0.25) is 0 Å². The molecule has 0 aliphatic rings. The first-order valence-corrected chi connectivity index (χ1v) is 5.74. The van der Waals surface area contributed by atoms with Crippen molar-refractivity contribution in [3.63, 3.8) is 0 Å². The second-order valence-electron chi connectivity index (χ2n) is 4.08. The van der Waals surface area contributed by atoms with E-state index >= 15 is 0 Å². The van der Waals surface area contributed by atoms with Gasteiger partial charge in [0.2, 0.25) is 5.91 Å². The molecule has 0 saturated carbocycles. The van der Waals surface area contributed by atoms with E-state index < -0.39 is 12.0 Å². The molecule has 0 rings (SSSR count). The van der Waals surface area contributed by atoms with Crippen molar-refractivity contribution in [3.05, 3.63) is 0 Å². The van der Waals surface area contributed by atoms with E-state index in [4.69, 9.17) is 15.6 Å². The summed E-state index contributed by atoms with van der Waals surface area (Å²) in [5.74, 6) is -1.10. The number of carbonyl (C=O) groups is 2. The zero-order valence-electron chi connectivity index (χ0n) is 10.4. The van der Waals surface area contributed by atoms with Gasteiger partial charge in [0, 0.05) is 26.2 Å². The highest BCUT2D eigenvalue weighted by atomic mass is 16.5. The van der Waals surface area contributed by atoms with Crippen LogP contribution in [0.3, 0.4) is 0 Å². The molecule has 2 atom stereocenters. The Bertz CT molecular complexity index is 246. The van der Waals surface area contributed by atoms with Crippen molar-refractivity contribution in [2.75, 3.05) is 13.7 Å². The van der Waals surface area contributed by atoms with Gasteiger partial charge in [-0.25, -0.2) is 0 Å². The summed E-state index contributed by atoms with van der Waals surface area (Å²) >= 11 is 0. The van der Waals surface area contributed by atoms with Gasteiger partial charge in [0.05, 0.1) is 6.04 Å². The van der Waals surface area contributed by atoms with E-state index in [9.17, 15) is 9.59 Å². The Morgan fingerprint density at radius 2 is 2.06 bits per heavy atom. The highest BCUT2D eigenvalue weighted by molar-refractivity contribution is 5.81. The molecular formula is C11H22N2O4. The van der Waals surface area contributed by atoms with E-state index in [0.717, 1.165) is 6.42 Å². The van der Waals surface area contributed by atoms with Crippen molar-refractivity contribution >= 4 is 11.9 Å². The molecule has 0 aromatic heterocycles. The summed E-state index contributed by atoms with van der Waals surface area (Å²) in [7, 11) is 1.60. The lowest BCUT2D eigenvalue weighted by molar-refractivity contribution is -0.137. The number of aliphatic carboxylic acids is 1. The number of nitrogens with two attached hydrogens (primary N) is 1. The number of carboxylic acids is 1. The molecule has 0 bridgehead atoms. The third-order valence-corrected chi connectivity index (χ3v) is 2.38. The minimum absolute atomic E-state index is 0.0420. The summed E-state index contributed by atoms with van der Waals surface area (Å²) in [5.41, 5.74) is 5.68. The standard InChI is InChI=1S/C11H22N2O4/c1-8(5-6-10(14)15)13-11(16)9(12)4-3-7-17-2/h8-9H,3-7,12H2,1-2H3,(H,13,16)(H,14,15). The molecule has 0 saturated heterocycles. The maximum absolute atomic E-state index is 11.6. The van der Waals surface area contributed by atoms with Crippen molar-refractivity contribution in [2.24, 2.45) is 5.73 Å². The Kier molecular flexibility index (Phi) is 8.35. The maximum Gasteiger partial charge on any atom is 0.303 e. The van der Waals surface area contributed by atoms with Crippen molar-refractivity contribution in [1.29, 1.82) is 0 Å². The van der Waals surface area contributed by atoms with Crippen LogP contribution in [-0.2, 0) is 14.3 Å². The Morgan fingerprint density at radius 3 is 2.59 bits per heavy atom. The Balaban J connectivity index is 3.78. The monoisotopic (exact) mass is 246 g/mol. The van der Waals surface area contributed by atoms with Crippen LogP contribution in [0.1, 0.15) is 32.6 Å². The molecule has 0 heterocycles. The molecule has 2 unspecified atom stereocenters. The van der Waals surface area contributed by atoms with Crippen LogP contribution in [0.4, 0.5) is 0 Å². The van der Waals surface area contributed by atoms with Crippen molar-refractivity contribution < 1.29 is 19.4 Å². The molecule has 0 fully saturated rings. The first kappa shape index (κ1) is 15.9. The quantitative estimate of drug-likeness (QED) is 0.501. The van der Waals surface area contributed by atoms with Crippen LogP contribution in [0.5, 0.6) is 0 Å². The largest absolute Gasteiger partial charge is 0.481 e. The molecular weight excluding hydrogens is 224 g/mol. The van der Waals surface area contributed by atoms with Gasteiger partial charge in [-0.05, 0) is 26.2 Å². The van der Waals surface area contributed by atoms with E-state index in [0.29, 0.717) is 19.4 Å². The Morgan fingerprint density at radius 1 is 1.41 bits per heavy atom. The number of methoxy groups -OCH3 is 1. The Labute approximate surface area is 102 Å². The van der Waals surface area contributed by atoms with Crippen molar-refractivity contribution in [1.82, 2.24) is 5.32 Å². The fourth-order valence-electron chi connectivity index (χ4n) is 1.34. The maximum atomic E-state index is 11.6. The summed E-state index contributed by atoms with van der Waals surface area (Å²) < 4.78 is 4.87. The number of hydrogen-bond donors (Lipinski definition) is 3. The molecule has 0 spiro atoms. The molecule has 100 valence electrons. The van der Waals surface area contributed by atoms with Crippen LogP contribution in [-0.4, -0.2) is 42.8 Å². The number of nitrogens with one attached hydrogen (secondary N) is 1. The van der Waals surface area contributed by atoms with Crippen LogP contribution in [0.15, 0.2) is 0 Å². The average Bonchev–Trinajstić information content (AvgIpc) is 2.26. The van der Waals surface area contributed by atoms with Crippen molar-refractivity contribution in [2.45, 2.75) is 44.7 Å². The van der Waals surface area contributed by atoms with E-state index in [-0.39, 0.29) is 18.4 Å². The van der Waals surface area contributed by atoms with Crippen LogP contribution in [0, 0.1) is 0 Å². The summed E-state index contributed by atoms with van der Waals surface area (Å²) in [6.45, 7) is 2.35. The second-order valence-corrected chi connectivity index (χ2v) is 4.08. The predicted octanol–water partition coefficient (Wildman–Crippen LogP) is 0.110. The zero-order chi connectivity index (χ0) is 13.3. The summed E-state index contributed by atoms with van der Waals surface area (Å²) in [5, 5.41) is 11.2. The average molecular weight is 246 g/mol. The number of ether oxygens (including phenoxy) is 1. The summed E-state index contributed by atoms with van der Waals surface area (Å²) in [4.78, 5) is 21.9. The van der Waals surface area contributed by atoms with E-state index in [1.165, 1.54) is 0 Å². The van der Waals surface area contributed by atoms with Crippen molar-refractivity contribution in [3.8, 4) is 0 Å². The molecule has 0 radical (unpaired) electrons. The van der Waals surface area contributed by atoms with Gasteiger partial charge in [-0.3, -0.25) is 9.59 Å². The SMILES string of the molecule is COCCCC(N)C(=O)NC(C)CCC(=O)O. The van der Waals surface area contributed by atoms with E-state index in [2.05, 4.69) is 5.32 Å². The molecule has 0 aromatic rings. The first-order chi connectivity index (χ1) is 7.97. The number of hydrogen-bond acceptors (Lipinski definition) is 4. The topological polar surface area (TPSA) is 102 Å². The minimum atomic E-state index is -0.865. The molecule has 6 nitrogen and oxygen atoms in total. The highest BCUT2D eigenvalue weighted by Gasteiger charge is 2.15. The lowest BCUT2D eigenvalue weighted by Gasteiger charge is -2.16. The lowest BCUT2D eigenvalue weighted by Crippen LogP contribution is -2.44. The molecule has 0 aliphatic heterocycles. The summed E-state index contributed by atoms with van der Waals surface area (Å²) in [6, 6.07) is -0.732. The van der Waals surface area contributed by atoms with Gasteiger partial charge in [0.15, 0.2) is 0 Å². The second kappa shape index (κ2) is 8.95. The zero-order valence-corrected chi connectivity index (χ0v) is 10.4. The van der Waals surface area contributed by atoms with Gasteiger partial charge in [0.1, 0.15) is 0 Å². The molecule has 0 aromatic carbocycles. The minimum Gasteiger partial charge on any atom is -0.481 e. The van der Waals surface area contributed by atoms with Crippen LogP contribution in [0.25, 0.3) is 0 Å². The summed E-state index contributed by atoms with van der Waals surface area (Å²) in [6.07, 6.45) is 1.74. The van der Waals surface area contributed by atoms with Gasteiger partial charge in [-0.1, -0.05) is 0 Å².